The molecule has 0 saturated heterocycles. The van der Waals surface area contributed by atoms with Gasteiger partial charge in [0.15, 0.2) is 11.5 Å². The lowest BCUT2D eigenvalue weighted by Gasteiger charge is -2.35. The molecule has 1 N–H and O–H groups in total. The van der Waals surface area contributed by atoms with Crippen LogP contribution in [0.1, 0.15) is 29.9 Å². The van der Waals surface area contributed by atoms with Crippen LogP contribution in [0.4, 0.5) is 0 Å². The van der Waals surface area contributed by atoms with E-state index >= 15 is 0 Å². The number of aromatic nitrogens is 2. The van der Waals surface area contributed by atoms with Crippen LogP contribution in [0.15, 0.2) is 52.6 Å². The minimum Gasteiger partial charge on any atom is -0.493 e. The number of hydrogen-bond donors (Lipinski definition) is 1. The number of aromatic amines is 1. The number of H-pyrrole nitrogens is 1. The zero-order valence-electron chi connectivity index (χ0n) is 18.3. The Morgan fingerprint density at radius 1 is 1.16 bits per heavy atom. The van der Waals surface area contributed by atoms with Crippen molar-refractivity contribution in [2.45, 2.75) is 25.9 Å². The van der Waals surface area contributed by atoms with Gasteiger partial charge in [0.25, 0.3) is 5.56 Å². The molecule has 0 unspecified atom stereocenters. The van der Waals surface area contributed by atoms with Gasteiger partial charge < -0.3 is 14.5 Å². The smallest absolute Gasteiger partial charge is 0.260 e. The Balaban J connectivity index is 1.45. The molecule has 0 fully saturated rings. The number of fused-ring (bicyclic) bond motifs is 2. The number of thiophene rings is 1. The SMILES string of the molecule is COc1cc2c(cc1OC)[C@H](C)N(Cc1nc3scc(-c4ccccc4)c3c(=O)[nH]1)CC2. The molecule has 3 heterocycles. The van der Waals surface area contributed by atoms with Gasteiger partial charge in [-0.1, -0.05) is 30.3 Å². The predicted octanol–water partition coefficient (Wildman–Crippen LogP) is 4.79. The second-order valence-corrected chi connectivity index (χ2v) is 8.87. The molecule has 0 amide bonds. The molecule has 4 aromatic rings. The van der Waals surface area contributed by atoms with Gasteiger partial charge in [0.1, 0.15) is 10.7 Å². The summed E-state index contributed by atoms with van der Waals surface area (Å²) in [5.41, 5.74) is 4.38. The average Bonchev–Trinajstić information content (AvgIpc) is 3.25. The monoisotopic (exact) mass is 447 g/mol. The molecule has 2 aromatic carbocycles. The van der Waals surface area contributed by atoms with Gasteiger partial charge in [-0.25, -0.2) is 4.98 Å². The Morgan fingerprint density at radius 2 is 1.91 bits per heavy atom. The standard InChI is InChI=1S/C25H25N3O3S/c1-15-18-12-21(31-3)20(30-2)11-17(18)9-10-28(15)13-22-26-24(29)23-19(14-32-25(23)27-22)16-7-5-4-6-8-16/h4-8,11-12,14-15H,9-10,13H2,1-3H3,(H,26,27,29)/t15-/m0/s1. The van der Waals surface area contributed by atoms with Gasteiger partial charge in [-0.2, -0.15) is 0 Å². The molecule has 2 aromatic heterocycles. The Hall–Kier alpha value is -3.16. The largest absolute Gasteiger partial charge is 0.493 e. The number of methoxy groups -OCH3 is 2. The molecule has 6 nitrogen and oxygen atoms in total. The number of rotatable bonds is 5. The molecular formula is C25H25N3O3S. The topological polar surface area (TPSA) is 67.5 Å². The summed E-state index contributed by atoms with van der Waals surface area (Å²) in [6, 6.07) is 14.3. The van der Waals surface area contributed by atoms with Crippen molar-refractivity contribution >= 4 is 21.6 Å². The van der Waals surface area contributed by atoms with Crippen molar-refractivity contribution in [3.8, 4) is 22.6 Å². The minimum atomic E-state index is -0.0819. The highest BCUT2D eigenvalue weighted by Gasteiger charge is 2.27. The van der Waals surface area contributed by atoms with Crippen LogP contribution in [0.5, 0.6) is 11.5 Å². The van der Waals surface area contributed by atoms with Crippen LogP contribution in [0, 0.1) is 0 Å². The van der Waals surface area contributed by atoms with Crippen LogP contribution in [-0.2, 0) is 13.0 Å². The van der Waals surface area contributed by atoms with E-state index in [1.165, 1.54) is 22.5 Å². The maximum absolute atomic E-state index is 13.0. The molecule has 0 radical (unpaired) electrons. The minimum absolute atomic E-state index is 0.0819. The fourth-order valence-corrected chi connectivity index (χ4v) is 5.47. The summed E-state index contributed by atoms with van der Waals surface area (Å²) in [6.45, 7) is 3.64. The maximum atomic E-state index is 13.0. The second kappa shape index (κ2) is 8.41. The lowest BCUT2D eigenvalue weighted by Crippen LogP contribution is -2.34. The normalized spacial score (nSPS) is 16.2. The molecular weight excluding hydrogens is 422 g/mol. The van der Waals surface area contributed by atoms with Crippen molar-refractivity contribution in [1.29, 1.82) is 0 Å². The molecule has 5 rings (SSSR count). The summed E-state index contributed by atoms with van der Waals surface area (Å²) in [6.07, 6.45) is 0.906. The van der Waals surface area contributed by atoms with Crippen LogP contribution in [0.2, 0.25) is 0 Å². The number of nitrogens with one attached hydrogen (secondary N) is 1. The van der Waals surface area contributed by atoms with E-state index in [1.54, 1.807) is 14.2 Å². The van der Waals surface area contributed by atoms with Gasteiger partial charge in [0.2, 0.25) is 0 Å². The maximum Gasteiger partial charge on any atom is 0.260 e. The summed E-state index contributed by atoms with van der Waals surface area (Å²) in [4.78, 5) is 23.9. The summed E-state index contributed by atoms with van der Waals surface area (Å²) in [5, 5.41) is 2.68. The second-order valence-electron chi connectivity index (χ2n) is 8.01. The van der Waals surface area contributed by atoms with E-state index in [0.29, 0.717) is 17.8 Å². The third-order valence-corrected chi connectivity index (χ3v) is 7.11. The zero-order valence-corrected chi connectivity index (χ0v) is 19.2. The molecule has 1 atom stereocenters. The van der Waals surface area contributed by atoms with Crippen LogP contribution < -0.4 is 15.0 Å². The lowest BCUT2D eigenvalue weighted by atomic mass is 9.93. The Labute approximate surface area is 190 Å². The molecule has 1 aliphatic rings. The van der Waals surface area contributed by atoms with Gasteiger partial charge >= 0.3 is 0 Å². The molecule has 164 valence electrons. The summed E-state index contributed by atoms with van der Waals surface area (Å²) >= 11 is 1.52. The van der Waals surface area contributed by atoms with Crippen molar-refractivity contribution in [3.63, 3.8) is 0 Å². The van der Waals surface area contributed by atoms with Crippen molar-refractivity contribution in [3.05, 3.63) is 75.1 Å². The first kappa shape index (κ1) is 20.7. The molecule has 0 aliphatic carbocycles. The number of nitrogens with zero attached hydrogens (tertiary/aromatic N) is 2. The zero-order chi connectivity index (χ0) is 22.2. The van der Waals surface area contributed by atoms with Gasteiger partial charge in [0.05, 0.1) is 26.2 Å². The molecule has 7 heteroatoms. The van der Waals surface area contributed by atoms with E-state index < -0.39 is 0 Å². The third-order valence-electron chi connectivity index (χ3n) is 6.24. The van der Waals surface area contributed by atoms with Crippen LogP contribution >= 0.6 is 11.3 Å². The highest BCUT2D eigenvalue weighted by Crippen LogP contribution is 2.38. The first-order chi connectivity index (χ1) is 15.6. The molecule has 0 bridgehead atoms. The van der Waals surface area contributed by atoms with Gasteiger partial charge in [-0.3, -0.25) is 9.69 Å². The molecule has 0 spiro atoms. The quantitative estimate of drug-likeness (QED) is 0.477. The van der Waals surface area contributed by atoms with Gasteiger partial charge in [-0.05, 0) is 42.2 Å². The Morgan fingerprint density at radius 3 is 2.66 bits per heavy atom. The van der Waals surface area contributed by atoms with Crippen molar-refractivity contribution in [2.24, 2.45) is 0 Å². The van der Waals surface area contributed by atoms with Crippen LogP contribution in [0.3, 0.4) is 0 Å². The van der Waals surface area contributed by atoms with E-state index in [4.69, 9.17) is 14.5 Å². The van der Waals surface area contributed by atoms with E-state index in [0.717, 1.165) is 40.4 Å². The van der Waals surface area contributed by atoms with Crippen LogP contribution in [0.25, 0.3) is 21.3 Å². The summed E-state index contributed by atoms with van der Waals surface area (Å²) < 4.78 is 11.0. The van der Waals surface area contributed by atoms with E-state index in [-0.39, 0.29) is 11.6 Å². The predicted molar refractivity (Wildman–Crippen MR) is 128 cm³/mol. The molecule has 1 aliphatic heterocycles. The highest BCUT2D eigenvalue weighted by molar-refractivity contribution is 7.17. The lowest BCUT2D eigenvalue weighted by molar-refractivity contribution is 0.184. The average molecular weight is 448 g/mol. The number of benzene rings is 2. The van der Waals surface area contributed by atoms with Crippen molar-refractivity contribution < 1.29 is 9.47 Å². The fraction of sp³-hybridized carbons (Fsp3) is 0.280. The number of ether oxygens (including phenoxy) is 2. The summed E-state index contributed by atoms with van der Waals surface area (Å²) in [5.74, 6) is 2.19. The Kier molecular flexibility index (Phi) is 5.45. The third kappa shape index (κ3) is 3.57. The van der Waals surface area contributed by atoms with E-state index in [1.807, 2.05) is 35.7 Å². The molecule has 32 heavy (non-hydrogen) atoms. The van der Waals surface area contributed by atoms with E-state index in [2.05, 4.69) is 28.9 Å². The van der Waals surface area contributed by atoms with Crippen LogP contribution in [-0.4, -0.2) is 35.6 Å². The van der Waals surface area contributed by atoms with Gasteiger partial charge in [-0.15, -0.1) is 11.3 Å². The Bertz CT molecular complexity index is 1330. The van der Waals surface area contributed by atoms with Crippen molar-refractivity contribution in [1.82, 2.24) is 14.9 Å². The molecule has 0 saturated carbocycles. The van der Waals surface area contributed by atoms with Crippen molar-refractivity contribution in [2.75, 3.05) is 20.8 Å². The van der Waals surface area contributed by atoms with E-state index in [9.17, 15) is 4.79 Å². The first-order valence-electron chi connectivity index (χ1n) is 10.6. The van der Waals surface area contributed by atoms with Gasteiger partial charge in [0, 0.05) is 23.5 Å². The number of hydrogen-bond acceptors (Lipinski definition) is 6. The highest BCUT2D eigenvalue weighted by atomic mass is 32.1. The summed E-state index contributed by atoms with van der Waals surface area (Å²) in [7, 11) is 3.32. The fourth-order valence-electron chi connectivity index (χ4n) is 4.50. The first-order valence-corrected chi connectivity index (χ1v) is 11.5.